The molecule has 1 saturated heterocycles. The zero-order chi connectivity index (χ0) is 11.6. The highest BCUT2D eigenvalue weighted by Gasteiger charge is 2.41. The molecule has 1 heterocycles. The maximum atomic E-state index is 11.7. The Hall–Kier alpha value is -0.610. The third-order valence-electron chi connectivity index (χ3n) is 3.99. The van der Waals surface area contributed by atoms with E-state index in [1.165, 1.54) is 25.7 Å². The van der Waals surface area contributed by atoms with Crippen LogP contribution in [0.3, 0.4) is 0 Å². The number of nitrogens with two attached hydrogens (primary N) is 1. The molecule has 0 aromatic carbocycles. The lowest BCUT2D eigenvalue weighted by molar-refractivity contribution is -0.127. The molecule has 0 radical (unpaired) electrons. The maximum Gasteiger partial charge on any atom is 0.239 e. The van der Waals surface area contributed by atoms with E-state index >= 15 is 0 Å². The molecule has 1 saturated carbocycles. The molecule has 1 aliphatic carbocycles. The number of rotatable bonds is 3. The Labute approximate surface area is 97.6 Å². The van der Waals surface area contributed by atoms with Crippen LogP contribution in [0.25, 0.3) is 0 Å². The average Bonchev–Trinajstić information content (AvgIpc) is 2.70. The summed E-state index contributed by atoms with van der Waals surface area (Å²) < 4.78 is 0. The standard InChI is InChI=1S/C12H23N3O/c1-15-8-4-7-12(9-15,11(13)16)14-10-5-2-3-6-10/h10,14H,2-9H2,1H3,(H2,13,16). The lowest BCUT2D eigenvalue weighted by atomic mass is 9.87. The summed E-state index contributed by atoms with van der Waals surface area (Å²) in [5.74, 6) is -0.175. The molecule has 4 nitrogen and oxygen atoms in total. The summed E-state index contributed by atoms with van der Waals surface area (Å²) in [7, 11) is 2.06. The van der Waals surface area contributed by atoms with Crippen molar-refractivity contribution in [3.05, 3.63) is 0 Å². The third-order valence-corrected chi connectivity index (χ3v) is 3.99. The number of piperidine rings is 1. The smallest absolute Gasteiger partial charge is 0.239 e. The summed E-state index contributed by atoms with van der Waals surface area (Å²) in [5, 5.41) is 3.54. The van der Waals surface area contributed by atoms with Gasteiger partial charge in [-0.3, -0.25) is 10.1 Å². The van der Waals surface area contributed by atoms with Crippen LogP contribution in [0.2, 0.25) is 0 Å². The van der Waals surface area contributed by atoms with Gasteiger partial charge in [0, 0.05) is 12.6 Å². The summed E-state index contributed by atoms with van der Waals surface area (Å²) in [6, 6.07) is 0.499. The van der Waals surface area contributed by atoms with Crippen molar-refractivity contribution in [3.63, 3.8) is 0 Å². The third kappa shape index (κ3) is 2.38. The molecular formula is C12H23N3O. The first-order valence-electron chi connectivity index (χ1n) is 6.38. The van der Waals surface area contributed by atoms with Crippen molar-refractivity contribution in [3.8, 4) is 0 Å². The Morgan fingerprint density at radius 2 is 2.06 bits per heavy atom. The summed E-state index contributed by atoms with van der Waals surface area (Å²) in [6.45, 7) is 1.83. The fourth-order valence-electron chi connectivity index (χ4n) is 3.12. The van der Waals surface area contributed by atoms with E-state index in [1.54, 1.807) is 0 Å². The number of carbonyl (C=O) groups excluding carboxylic acids is 1. The molecule has 2 rings (SSSR count). The molecule has 1 atom stereocenters. The highest BCUT2D eigenvalue weighted by molar-refractivity contribution is 5.85. The molecular weight excluding hydrogens is 202 g/mol. The summed E-state index contributed by atoms with van der Waals surface area (Å²) in [4.78, 5) is 13.9. The van der Waals surface area contributed by atoms with Gasteiger partial charge in [0.2, 0.25) is 5.91 Å². The fourth-order valence-corrected chi connectivity index (χ4v) is 3.12. The Bertz CT molecular complexity index is 263. The second-order valence-corrected chi connectivity index (χ2v) is 5.41. The van der Waals surface area contributed by atoms with Crippen LogP contribution in [0.4, 0.5) is 0 Å². The van der Waals surface area contributed by atoms with Gasteiger partial charge in [-0.15, -0.1) is 0 Å². The number of amides is 1. The zero-order valence-corrected chi connectivity index (χ0v) is 10.2. The van der Waals surface area contributed by atoms with E-state index in [-0.39, 0.29) is 5.91 Å². The van der Waals surface area contributed by atoms with Crippen molar-refractivity contribution in [2.45, 2.75) is 50.1 Å². The molecule has 0 bridgehead atoms. The molecule has 4 heteroatoms. The molecule has 0 aromatic heterocycles. The van der Waals surface area contributed by atoms with Gasteiger partial charge < -0.3 is 10.6 Å². The highest BCUT2D eigenvalue weighted by Crippen LogP contribution is 2.25. The summed E-state index contributed by atoms with van der Waals surface area (Å²) in [6.07, 6.45) is 6.89. The Morgan fingerprint density at radius 1 is 1.38 bits per heavy atom. The predicted molar refractivity (Wildman–Crippen MR) is 64.0 cm³/mol. The van der Waals surface area contributed by atoms with Gasteiger partial charge in [0.15, 0.2) is 0 Å². The monoisotopic (exact) mass is 225 g/mol. The van der Waals surface area contributed by atoms with E-state index in [0.29, 0.717) is 6.04 Å². The van der Waals surface area contributed by atoms with Gasteiger partial charge in [-0.25, -0.2) is 0 Å². The van der Waals surface area contributed by atoms with Gasteiger partial charge in [0.05, 0.1) is 0 Å². The van der Waals surface area contributed by atoms with E-state index < -0.39 is 5.54 Å². The molecule has 1 unspecified atom stereocenters. The van der Waals surface area contributed by atoms with Gasteiger partial charge in [0.1, 0.15) is 5.54 Å². The minimum atomic E-state index is -0.470. The van der Waals surface area contributed by atoms with E-state index in [9.17, 15) is 4.79 Å². The molecule has 3 N–H and O–H groups in total. The predicted octanol–water partition coefficient (Wildman–Crippen LogP) is 0.468. The van der Waals surface area contributed by atoms with Crippen LogP contribution >= 0.6 is 0 Å². The van der Waals surface area contributed by atoms with Gasteiger partial charge >= 0.3 is 0 Å². The second kappa shape index (κ2) is 4.72. The number of nitrogens with one attached hydrogen (secondary N) is 1. The molecule has 16 heavy (non-hydrogen) atoms. The lowest BCUT2D eigenvalue weighted by Gasteiger charge is -2.41. The quantitative estimate of drug-likeness (QED) is 0.734. The second-order valence-electron chi connectivity index (χ2n) is 5.41. The van der Waals surface area contributed by atoms with Crippen LogP contribution in [-0.2, 0) is 4.79 Å². The van der Waals surface area contributed by atoms with Gasteiger partial charge in [-0.1, -0.05) is 12.8 Å². The largest absolute Gasteiger partial charge is 0.368 e. The zero-order valence-electron chi connectivity index (χ0n) is 10.2. The molecule has 1 aliphatic heterocycles. The van der Waals surface area contributed by atoms with Crippen molar-refractivity contribution >= 4 is 5.91 Å². The van der Waals surface area contributed by atoms with Gasteiger partial charge in [0.25, 0.3) is 0 Å². The first-order chi connectivity index (χ1) is 7.62. The molecule has 0 aromatic rings. The van der Waals surface area contributed by atoms with E-state index in [4.69, 9.17) is 5.73 Å². The number of likely N-dealkylation sites (N-methyl/N-ethyl adjacent to an activating group) is 1. The van der Waals surface area contributed by atoms with Crippen LogP contribution in [0, 0.1) is 0 Å². The van der Waals surface area contributed by atoms with Crippen molar-refractivity contribution in [2.75, 3.05) is 20.1 Å². The van der Waals surface area contributed by atoms with Crippen molar-refractivity contribution < 1.29 is 4.79 Å². The Kier molecular flexibility index (Phi) is 3.50. The molecule has 92 valence electrons. The summed E-state index contributed by atoms with van der Waals surface area (Å²) in [5.41, 5.74) is 5.14. The number of hydrogen-bond acceptors (Lipinski definition) is 3. The lowest BCUT2D eigenvalue weighted by Crippen LogP contribution is -2.65. The Balaban J connectivity index is 2.04. The van der Waals surface area contributed by atoms with Crippen LogP contribution in [0.1, 0.15) is 38.5 Å². The number of hydrogen-bond donors (Lipinski definition) is 2. The first kappa shape index (κ1) is 11.9. The van der Waals surface area contributed by atoms with E-state index in [1.807, 2.05) is 0 Å². The van der Waals surface area contributed by atoms with Crippen LogP contribution in [0.5, 0.6) is 0 Å². The van der Waals surface area contributed by atoms with Crippen LogP contribution < -0.4 is 11.1 Å². The normalized spacial score (nSPS) is 33.1. The molecule has 2 aliphatic rings. The molecule has 1 amide bonds. The summed E-state index contributed by atoms with van der Waals surface area (Å²) >= 11 is 0. The Morgan fingerprint density at radius 3 is 2.62 bits per heavy atom. The van der Waals surface area contributed by atoms with Gasteiger partial charge in [-0.05, 0) is 39.3 Å². The number of nitrogens with zero attached hydrogens (tertiary/aromatic N) is 1. The SMILES string of the molecule is CN1CCCC(NC2CCCC2)(C(N)=O)C1. The van der Waals surface area contributed by atoms with Crippen molar-refractivity contribution in [2.24, 2.45) is 5.73 Å². The first-order valence-corrected chi connectivity index (χ1v) is 6.38. The maximum absolute atomic E-state index is 11.7. The fraction of sp³-hybridized carbons (Fsp3) is 0.917. The molecule has 2 fully saturated rings. The average molecular weight is 225 g/mol. The minimum Gasteiger partial charge on any atom is -0.368 e. The van der Waals surface area contributed by atoms with Crippen LogP contribution in [-0.4, -0.2) is 42.5 Å². The highest BCUT2D eigenvalue weighted by atomic mass is 16.1. The number of carbonyl (C=O) groups is 1. The minimum absolute atomic E-state index is 0.175. The van der Waals surface area contributed by atoms with Crippen LogP contribution in [0.15, 0.2) is 0 Å². The van der Waals surface area contributed by atoms with Crippen molar-refractivity contribution in [1.82, 2.24) is 10.2 Å². The van der Waals surface area contributed by atoms with E-state index in [0.717, 1.165) is 25.9 Å². The van der Waals surface area contributed by atoms with Gasteiger partial charge in [-0.2, -0.15) is 0 Å². The van der Waals surface area contributed by atoms with Crippen molar-refractivity contribution in [1.29, 1.82) is 0 Å². The number of likely N-dealkylation sites (tertiary alicyclic amines) is 1. The topological polar surface area (TPSA) is 58.4 Å². The van der Waals surface area contributed by atoms with E-state index in [2.05, 4.69) is 17.3 Å². The number of primary amides is 1. The molecule has 0 spiro atoms.